The van der Waals surface area contributed by atoms with Crippen LogP contribution < -0.4 is 0 Å². The summed E-state index contributed by atoms with van der Waals surface area (Å²) >= 11 is 0. The highest BCUT2D eigenvalue weighted by atomic mass is 15.2. The first-order chi connectivity index (χ1) is 6.91. The van der Waals surface area contributed by atoms with Gasteiger partial charge in [-0.05, 0) is 52.0 Å². The lowest BCUT2D eigenvalue weighted by Gasteiger charge is -2.31. The molecular weight excluding hydrogens is 208 g/mol. The molecule has 0 amide bonds. The van der Waals surface area contributed by atoms with Crippen LogP contribution >= 0.6 is 0 Å². The van der Waals surface area contributed by atoms with Gasteiger partial charge in [-0.15, -0.1) is 0 Å². The van der Waals surface area contributed by atoms with E-state index in [0.717, 1.165) is 11.8 Å². The van der Waals surface area contributed by atoms with Crippen molar-refractivity contribution in [1.82, 2.24) is 9.80 Å². The molecule has 0 aliphatic carbocycles. The molecule has 0 spiro atoms. The van der Waals surface area contributed by atoms with Gasteiger partial charge in [0, 0.05) is 6.54 Å². The van der Waals surface area contributed by atoms with Crippen LogP contribution in [0.4, 0.5) is 0 Å². The van der Waals surface area contributed by atoms with Crippen molar-refractivity contribution in [2.75, 3.05) is 40.3 Å². The summed E-state index contributed by atoms with van der Waals surface area (Å²) in [4.78, 5) is 4.70. The molecule has 1 saturated heterocycles. The lowest BCUT2D eigenvalue weighted by atomic mass is 10.1. The third-order valence-electron chi connectivity index (χ3n) is 2.30. The number of nitrogens with zero attached hydrogens (tertiary/aromatic N) is 2. The first-order valence-electron chi connectivity index (χ1n) is 6.29. The first kappa shape index (κ1) is 22.1. The molecular formula is C15H38N2. The Kier molecular flexibility index (Phi) is 16.1. The predicted molar refractivity (Wildman–Crippen MR) is 82.7 cm³/mol. The Bertz CT molecular complexity index is 132. The normalized spacial score (nSPS) is 14.6. The smallest absolute Gasteiger partial charge is 0.000440 e. The summed E-state index contributed by atoms with van der Waals surface area (Å²) in [6.07, 6.45) is 1.42. The predicted octanol–water partition coefficient (Wildman–Crippen LogP) is 3.82. The van der Waals surface area contributed by atoms with Crippen molar-refractivity contribution in [3.8, 4) is 0 Å². The molecule has 1 aliphatic heterocycles. The van der Waals surface area contributed by atoms with Gasteiger partial charge in [0.15, 0.2) is 0 Å². The fourth-order valence-electron chi connectivity index (χ4n) is 1.81. The van der Waals surface area contributed by atoms with Gasteiger partial charge in [-0.25, -0.2) is 0 Å². The first-order valence-corrected chi connectivity index (χ1v) is 6.29. The number of hydrogen-bond donors (Lipinski definition) is 0. The SMILES string of the molecule is C.C.CC(C)CN(C)C.CC(C)CN1CCC1. The van der Waals surface area contributed by atoms with E-state index in [4.69, 9.17) is 0 Å². The quantitative estimate of drug-likeness (QED) is 0.744. The standard InChI is InChI=1S/C7H15N.C6H15N.2CH4/c1-7(2)6-8-4-3-5-8;1-6(2)5-7(3)4;;/h7H,3-6H2,1-2H3;6H,5H2,1-4H3;2*1H4. The van der Waals surface area contributed by atoms with Crippen LogP contribution in [0.2, 0.25) is 0 Å². The molecule has 1 heterocycles. The molecule has 108 valence electrons. The van der Waals surface area contributed by atoms with Crippen LogP contribution in [0.1, 0.15) is 49.0 Å². The molecule has 0 bridgehead atoms. The van der Waals surface area contributed by atoms with Gasteiger partial charge in [-0.3, -0.25) is 0 Å². The van der Waals surface area contributed by atoms with Crippen molar-refractivity contribution in [3.05, 3.63) is 0 Å². The van der Waals surface area contributed by atoms with Crippen LogP contribution in [0.3, 0.4) is 0 Å². The van der Waals surface area contributed by atoms with E-state index in [-0.39, 0.29) is 14.9 Å². The lowest BCUT2D eigenvalue weighted by Crippen LogP contribution is -2.39. The highest BCUT2D eigenvalue weighted by Crippen LogP contribution is 2.07. The summed E-state index contributed by atoms with van der Waals surface area (Å²) in [5, 5.41) is 0. The van der Waals surface area contributed by atoms with Gasteiger partial charge in [-0.1, -0.05) is 42.5 Å². The van der Waals surface area contributed by atoms with Gasteiger partial charge in [-0.2, -0.15) is 0 Å². The zero-order valence-corrected chi connectivity index (χ0v) is 11.6. The molecule has 1 rings (SSSR count). The zero-order valence-electron chi connectivity index (χ0n) is 11.6. The summed E-state index contributed by atoms with van der Waals surface area (Å²) in [6.45, 7) is 14.2. The molecule has 2 nitrogen and oxygen atoms in total. The van der Waals surface area contributed by atoms with Crippen molar-refractivity contribution in [2.24, 2.45) is 11.8 Å². The fourth-order valence-corrected chi connectivity index (χ4v) is 1.81. The average molecular weight is 246 g/mol. The van der Waals surface area contributed by atoms with E-state index in [0.29, 0.717) is 0 Å². The third-order valence-corrected chi connectivity index (χ3v) is 2.30. The summed E-state index contributed by atoms with van der Waals surface area (Å²) in [6, 6.07) is 0. The van der Waals surface area contributed by atoms with Crippen LogP contribution in [0.25, 0.3) is 0 Å². The number of hydrogen-bond acceptors (Lipinski definition) is 2. The highest BCUT2D eigenvalue weighted by molar-refractivity contribution is 4.68. The number of likely N-dealkylation sites (tertiary alicyclic amines) is 1. The Morgan fingerprint density at radius 1 is 0.941 bits per heavy atom. The Labute approximate surface area is 111 Å². The average Bonchev–Trinajstić information content (AvgIpc) is 1.95. The van der Waals surface area contributed by atoms with Gasteiger partial charge >= 0.3 is 0 Å². The molecule has 0 aromatic rings. The second-order valence-electron chi connectivity index (χ2n) is 5.70. The van der Waals surface area contributed by atoms with Gasteiger partial charge in [0.05, 0.1) is 0 Å². The third kappa shape index (κ3) is 15.9. The molecule has 0 aromatic heterocycles. The van der Waals surface area contributed by atoms with E-state index in [1.54, 1.807) is 0 Å². The van der Waals surface area contributed by atoms with Crippen molar-refractivity contribution in [1.29, 1.82) is 0 Å². The highest BCUT2D eigenvalue weighted by Gasteiger charge is 2.13. The largest absolute Gasteiger partial charge is 0.309 e. The molecule has 1 aliphatic rings. The Hall–Kier alpha value is -0.0800. The number of rotatable bonds is 4. The minimum atomic E-state index is 0. The topological polar surface area (TPSA) is 6.48 Å². The summed E-state index contributed by atoms with van der Waals surface area (Å²) in [5.41, 5.74) is 0. The summed E-state index contributed by atoms with van der Waals surface area (Å²) < 4.78 is 0. The van der Waals surface area contributed by atoms with Gasteiger partial charge in [0.1, 0.15) is 0 Å². The van der Waals surface area contributed by atoms with Crippen molar-refractivity contribution < 1.29 is 0 Å². The second kappa shape index (κ2) is 12.4. The minimum absolute atomic E-state index is 0. The lowest BCUT2D eigenvalue weighted by molar-refractivity contribution is 0.161. The van der Waals surface area contributed by atoms with E-state index in [1.165, 1.54) is 32.6 Å². The van der Waals surface area contributed by atoms with E-state index >= 15 is 0 Å². The minimum Gasteiger partial charge on any atom is -0.309 e. The molecule has 0 N–H and O–H groups in total. The molecule has 0 unspecified atom stereocenters. The van der Waals surface area contributed by atoms with Crippen LogP contribution in [-0.2, 0) is 0 Å². The monoisotopic (exact) mass is 246 g/mol. The van der Waals surface area contributed by atoms with Crippen molar-refractivity contribution in [3.63, 3.8) is 0 Å². The van der Waals surface area contributed by atoms with E-state index in [2.05, 4.69) is 51.6 Å². The van der Waals surface area contributed by atoms with Gasteiger partial charge in [0.2, 0.25) is 0 Å². The zero-order chi connectivity index (χ0) is 11.8. The Morgan fingerprint density at radius 3 is 1.47 bits per heavy atom. The Morgan fingerprint density at radius 2 is 1.41 bits per heavy atom. The van der Waals surface area contributed by atoms with E-state index in [9.17, 15) is 0 Å². The molecule has 0 atom stereocenters. The van der Waals surface area contributed by atoms with E-state index < -0.39 is 0 Å². The molecule has 17 heavy (non-hydrogen) atoms. The van der Waals surface area contributed by atoms with Crippen molar-refractivity contribution >= 4 is 0 Å². The summed E-state index contributed by atoms with van der Waals surface area (Å²) in [5.74, 6) is 1.66. The molecule has 1 fully saturated rings. The van der Waals surface area contributed by atoms with Crippen LogP contribution in [0.15, 0.2) is 0 Å². The molecule has 0 aromatic carbocycles. The van der Waals surface area contributed by atoms with Gasteiger partial charge < -0.3 is 9.80 Å². The van der Waals surface area contributed by atoms with Crippen molar-refractivity contribution in [2.45, 2.75) is 49.0 Å². The van der Waals surface area contributed by atoms with Crippen LogP contribution in [0.5, 0.6) is 0 Å². The molecule has 0 radical (unpaired) electrons. The molecule has 2 heteroatoms. The maximum Gasteiger partial charge on any atom is 0.000440 e. The maximum absolute atomic E-state index is 2.50. The summed E-state index contributed by atoms with van der Waals surface area (Å²) in [7, 11) is 4.19. The van der Waals surface area contributed by atoms with Crippen LogP contribution in [0, 0.1) is 11.8 Å². The maximum atomic E-state index is 2.50. The van der Waals surface area contributed by atoms with E-state index in [1.807, 2.05) is 0 Å². The van der Waals surface area contributed by atoms with Crippen LogP contribution in [-0.4, -0.2) is 50.1 Å². The Balaban J connectivity index is -0.000000208. The fraction of sp³-hybridized carbons (Fsp3) is 1.00. The van der Waals surface area contributed by atoms with Gasteiger partial charge in [0.25, 0.3) is 0 Å². The second-order valence-corrected chi connectivity index (χ2v) is 5.70. The molecule has 0 saturated carbocycles.